The van der Waals surface area contributed by atoms with Gasteiger partial charge in [-0.2, -0.15) is 0 Å². The fraction of sp³-hybridized carbons (Fsp3) is 0.556. The number of hydrogen-bond acceptors (Lipinski definition) is 4. The second kappa shape index (κ2) is 14.1. The Morgan fingerprint density at radius 1 is 0.935 bits per heavy atom. The number of phenols is 1. The van der Waals surface area contributed by atoms with E-state index >= 15 is 0 Å². The molecule has 0 saturated carbocycles. The molecule has 172 valence electrons. The first-order chi connectivity index (χ1) is 15.0. The van der Waals surface area contributed by atoms with Crippen LogP contribution in [0.15, 0.2) is 48.5 Å². The van der Waals surface area contributed by atoms with Gasteiger partial charge in [-0.05, 0) is 56.0 Å². The zero-order valence-corrected chi connectivity index (χ0v) is 19.6. The zero-order valence-electron chi connectivity index (χ0n) is 19.6. The average Bonchev–Trinajstić information content (AvgIpc) is 2.78. The van der Waals surface area contributed by atoms with E-state index in [1.165, 1.54) is 31.2 Å². The third-order valence-corrected chi connectivity index (χ3v) is 6.09. The molecule has 0 heterocycles. The van der Waals surface area contributed by atoms with Gasteiger partial charge >= 0.3 is 0 Å². The van der Waals surface area contributed by atoms with Gasteiger partial charge in [-0.25, -0.2) is 0 Å². The van der Waals surface area contributed by atoms with Gasteiger partial charge in [-0.15, -0.1) is 0 Å². The Labute approximate surface area is 188 Å². The lowest BCUT2D eigenvalue weighted by molar-refractivity contribution is 0.0979. The summed E-state index contributed by atoms with van der Waals surface area (Å²) in [5.74, 6) is 0.682. The van der Waals surface area contributed by atoms with Crippen molar-refractivity contribution in [1.82, 2.24) is 4.90 Å². The molecule has 2 aromatic carbocycles. The maximum atomic E-state index is 10.7. The highest BCUT2D eigenvalue weighted by atomic mass is 16.5. The summed E-state index contributed by atoms with van der Waals surface area (Å²) in [6.45, 7) is 3.10. The molecule has 0 aliphatic heterocycles. The first-order valence-electron chi connectivity index (χ1n) is 11.8. The number of aliphatic hydroxyl groups is 1. The van der Waals surface area contributed by atoms with Crippen LogP contribution in [0.4, 0.5) is 0 Å². The van der Waals surface area contributed by atoms with E-state index in [1.807, 2.05) is 18.2 Å². The van der Waals surface area contributed by atoms with Crippen molar-refractivity contribution in [2.75, 3.05) is 14.2 Å². The fourth-order valence-electron chi connectivity index (χ4n) is 4.14. The first kappa shape index (κ1) is 25.2. The van der Waals surface area contributed by atoms with Crippen LogP contribution in [-0.4, -0.2) is 41.4 Å². The highest BCUT2D eigenvalue weighted by Crippen LogP contribution is 2.27. The van der Waals surface area contributed by atoms with Gasteiger partial charge in [0, 0.05) is 12.6 Å². The number of aryl methyl sites for hydroxylation is 1. The molecular weight excluding hydrogens is 386 g/mol. The van der Waals surface area contributed by atoms with E-state index in [-0.39, 0.29) is 17.9 Å². The van der Waals surface area contributed by atoms with Crippen molar-refractivity contribution < 1.29 is 14.9 Å². The van der Waals surface area contributed by atoms with Crippen LogP contribution in [0.25, 0.3) is 0 Å². The molecule has 2 atom stereocenters. The summed E-state index contributed by atoms with van der Waals surface area (Å²) in [6.07, 6.45) is 9.34. The summed E-state index contributed by atoms with van der Waals surface area (Å²) < 4.78 is 5.26. The lowest BCUT2D eigenvalue weighted by atomic mass is 9.96. The number of rotatable bonds is 15. The summed E-state index contributed by atoms with van der Waals surface area (Å²) in [4.78, 5) is 2.37. The van der Waals surface area contributed by atoms with Crippen LogP contribution in [0.5, 0.6) is 11.5 Å². The van der Waals surface area contributed by atoms with Crippen molar-refractivity contribution in [2.24, 2.45) is 0 Å². The van der Waals surface area contributed by atoms with E-state index < -0.39 is 0 Å². The lowest BCUT2D eigenvalue weighted by Gasteiger charge is -2.30. The van der Waals surface area contributed by atoms with Crippen LogP contribution in [-0.2, 0) is 13.0 Å². The lowest BCUT2D eigenvalue weighted by Crippen LogP contribution is -2.35. The second-order valence-electron chi connectivity index (χ2n) is 8.69. The van der Waals surface area contributed by atoms with Gasteiger partial charge in [-0.1, -0.05) is 75.4 Å². The predicted molar refractivity (Wildman–Crippen MR) is 129 cm³/mol. The Kier molecular flexibility index (Phi) is 11.5. The molecule has 0 bridgehead atoms. The minimum absolute atomic E-state index is 0.169. The number of nitrogens with zero attached hydrogens (tertiary/aromatic N) is 1. The Bertz CT molecular complexity index is 735. The largest absolute Gasteiger partial charge is 0.504 e. The quantitative estimate of drug-likeness (QED) is 0.345. The molecule has 4 heteroatoms. The molecule has 0 radical (unpaired) electrons. The molecule has 31 heavy (non-hydrogen) atoms. The topological polar surface area (TPSA) is 52.9 Å². The minimum Gasteiger partial charge on any atom is -0.504 e. The van der Waals surface area contributed by atoms with Gasteiger partial charge in [0.2, 0.25) is 0 Å². The molecule has 0 fully saturated rings. The molecule has 2 rings (SSSR count). The fourth-order valence-corrected chi connectivity index (χ4v) is 4.14. The molecule has 2 aromatic rings. The van der Waals surface area contributed by atoms with Crippen molar-refractivity contribution in [2.45, 2.75) is 83.4 Å². The van der Waals surface area contributed by atoms with Crippen molar-refractivity contribution >= 4 is 0 Å². The highest BCUT2D eigenvalue weighted by molar-refractivity contribution is 5.41. The maximum absolute atomic E-state index is 10.7. The molecule has 4 nitrogen and oxygen atoms in total. The first-order valence-corrected chi connectivity index (χ1v) is 11.8. The third-order valence-electron chi connectivity index (χ3n) is 6.09. The van der Waals surface area contributed by atoms with Crippen LogP contribution in [0.1, 0.15) is 69.4 Å². The zero-order chi connectivity index (χ0) is 22.5. The Morgan fingerprint density at radius 3 is 2.39 bits per heavy atom. The van der Waals surface area contributed by atoms with Crippen LogP contribution < -0.4 is 4.74 Å². The number of unbranched alkanes of at least 4 members (excludes halogenated alkanes) is 4. The van der Waals surface area contributed by atoms with E-state index in [1.54, 1.807) is 13.2 Å². The van der Waals surface area contributed by atoms with Gasteiger partial charge in [0.1, 0.15) is 0 Å². The summed E-state index contributed by atoms with van der Waals surface area (Å²) in [5, 5.41) is 20.6. The van der Waals surface area contributed by atoms with Crippen molar-refractivity contribution in [1.29, 1.82) is 0 Å². The van der Waals surface area contributed by atoms with Crippen molar-refractivity contribution in [3.8, 4) is 11.5 Å². The highest BCUT2D eigenvalue weighted by Gasteiger charge is 2.19. The summed E-state index contributed by atoms with van der Waals surface area (Å²) in [6, 6.07) is 16.3. The number of methoxy groups -OCH3 is 1. The number of ether oxygens (including phenoxy) is 1. The number of aliphatic hydroxyl groups excluding tert-OH is 1. The van der Waals surface area contributed by atoms with Gasteiger partial charge in [-0.3, -0.25) is 4.90 Å². The molecule has 2 N–H and O–H groups in total. The smallest absolute Gasteiger partial charge is 0.160 e. The Balaban J connectivity index is 1.97. The van der Waals surface area contributed by atoms with Gasteiger partial charge in [0.15, 0.2) is 11.5 Å². The number of phenolic OH excluding ortho intramolecular Hbond substituents is 1. The molecule has 0 amide bonds. The maximum Gasteiger partial charge on any atom is 0.160 e. The van der Waals surface area contributed by atoms with E-state index in [0.717, 1.165) is 44.2 Å². The minimum atomic E-state index is -0.265. The number of hydrogen-bond donors (Lipinski definition) is 2. The second-order valence-corrected chi connectivity index (χ2v) is 8.69. The molecule has 0 aliphatic rings. The normalized spacial score (nSPS) is 13.3. The average molecular weight is 428 g/mol. The van der Waals surface area contributed by atoms with Crippen LogP contribution in [0.3, 0.4) is 0 Å². The van der Waals surface area contributed by atoms with Gasteiger partial charge in [0.25, 0.3) is 0 Å². The Morgan fingerprint density at radius 2 is 1.68 bits per heavy atom. The van der Waals surface area contributed by atoms with E-state index in [4.69, 9.17) is 4.74 Å². The third kappa shape index (κ3) is 9.32. The van der Waals surface area contributed by atoms with Crippen LogP contribution in [0.2, 0.25) is 0 Å². The molecule has 2 unspecified atom stereocenters. The molecule has 0 aromatic heterocycles. The van der Waals surface area contributed by atoms with Crippen molar-refractivity contribution in [3.63, 3.8) is 0 Å². The van der Waals surface area contributed by atoms with E-state index in [0.29, 0.717) is 5.75 Å². The van der Waals surface area contributed by atoms with Gasteiger partial charge < -0.3 is 14.9 Å². The molecular formula is C27H41NO3. The van der Waals surface area contributed by atoms with E-state index in [2.05, 4.69) is 43.1 Å². The summed E-state index contributed by atoms with van der Waals surface area (Å²) >= 11 is 0. The molecule has 0 spiro atoms. The Hall–Kier alpha value is -2.04. The number of aromatic hydroxyl groups is 1. The molecule has 0 aliphatic carbocycles. The molecule has 0 saturated heterocycles. The SMILES string of the molecule is CCCCCCCC(O)CC(CCc1ccc(O)c(OC)c1)N(C)Cc1ccccc1. The standard InChI is InChI=1S/C27H41NO3/c1-4-5-6-7-11-14-25(29)20-24(28(2)21-23-12-9-8-10-13-23)17-15-22-16-18-26(30)27(19-22)31-3/h8-10,12-13,16,18-19,24-25,29-30H,4-7,11,14-15,17,20-21H2,1-3H3. The van der Waals surface area contributed by atoms with E-state index in [9.17, 15) is 10.2 Å². The van der Waals surface area contributed by atoms with Crippen molar-refractivity contribution in [3.05, 3.63) is 59.7 Å². The van der Waals surface area contributed by atoms with Crippen LogP contribution in [0, 0.1) is 0 Å². The van der Waals surface area contributed by atoms with Crippen LogP contribution >= 0.6 is 0 Å². The predicted octanol–water partition coefficient (Wildman–Crippen LogP) is 5.95. The monoisotopic (exact) mass is 427 g/mol. The van der Waals surface area contributed by atoms with Gasteiger partial charge in [0.05, 0.1) is 13.2 Å². The summed E-state index contributed by atoms with van der Waals surface area (Å²) in [5.41, 5.74) is 2.43. The number of benzene rings is 2. The summed E-state index contributed by atoms with van der Waals surface area (Å²) in [7, 11) is 3.73.